The van der Waals surface area contributed by atoms with Gasteiger partial charge in [-0.15, -0.1) is 0 Å². The number of ether oxygens (including phenoxy) is 1. The molecule has 24 heavy (non-hydrogen) atoms. The maximum Gasteiger partial charge on any atom is 0.244 e. The van der Waals surface area contributed by atoms with Crippen molar-refractivity contribution >= 4 is 23.4 Å². The van der Waals surface area contributed by atoms with Gasteiger partial charge in [0.05, 0.1) is 32.4 Å². The number of carbonyl (C=O) groups excluding carboxylic acids is 3. The third-order valence-corrected chi connectivity index (χ3v) is 3.18. The number of anilines is 1. The molecule has 0 fully saturated rings. The van der Waals surface area contributed by atoms with E-state index < -0.39 is 5.91 Å². The average Bonchev–Trinajstić information content (AvgIpc) is 2.59. The van der Waals surface area contributed by atoms with Gasteiger partial charge in [-0.2, -0.15) is 0 Å². The lowest BCUT2D eigenvalue weighted by atomic mass is 10.3. The Morgan fingerprint density at radius 3 is 2.54 bits per heavy atom. The molecule has 0 bridgehead atoms. The predicted octanol–water partition coefficient (Wildman–Crippen LogP) is -0.0528. The van der Waals surface area contributed by atoms with Crippen LogP contribution in [0.15, 0.2) is 24.3 Å². The third kappa shape index (κ3) is 6.25. The fourth-order valence-corrected chi connectivity index (χ4v) is 2.03. The van der Waals surface area contributed by atoms with E-state index in [-0.39, 0.29) is 31.4 Å². The molecule has 0 aliphatic heterocycles. The van der Waals surface area contributed by atoms with Crippen LogP contribution in [0, 0.1) is 0 Å². The number of benzene rings is 1. The average molecular weight is 336 g/mol. The Bertz CT molecular complexity index is 577. The summed E-state index contributed by atoms with van der Waals surface area (Å²) in [5, 5.41) is 5.12. The van der Waals surface area contributed by atoms with Crippen molar-refractivity contribution in [2.45, 2.75) is 13.3 Å². The minimum Gasteiger partial charge on any atom is -0.495 e. The van der Waals surface area contributed by atoms with Crippen LogP contribution in [0.5, 0.6) is 5.75 Å². The van der Waals surface area contributed by atoms with E-state index in [2.05, 4.69) is 10.6 Å². The summed E-state index contributed by atoms with van der Waals surface area (Å²) in [6.45, 7) is 1.84. The molecule has 0 radical (unpaired) electrons. The smallest absolute Gasteiger partial charge is 0.244 e. The molecule has 0 aromatic heterocycles. The Kier molecular flexibility index (Phi) is 8.28. The second kappa shape index (κ2) is 10.2. The lowest BCUT2D eigenvalue weighted by Crippen LogP contribution is -2.45. The number of nitrogens with zero attached hydrogens (tertiary/aromatic N) is 1. The summed E-state index contributed by atoms with van der Waals surface area (Å²) in [5.41, 5.74) is 5.71. The lowest BCUT2D eigenvalue weighted by molar-refractivity contribution is -0.135. The number of nitrogens with two attached hydrogens (primary N) is 1. The van der Waals surface area contributed by atoms with Crippen molar-refractivity contribution in [3.05, 3.63) is 24.3 Å². The van der Waals surface area contributed by atoms with Crippen molar-refractivity contribution < 1.29 is 19.1 Å². The van der Waals surface area contributed by atoms with Crippen molar-refractivity contribution in [3.63, 3.8) is 0 Å². The van der Waals surface area contributed by atoms with Crippen molar-refractivity contribution in [2.75, 3.05) is 38.6 Å². The van der Waals surface area contributed by atoms with Gasteiger partial charge < -0.3 is 26.0 Å². The van der Waals surface area contributed by atoms with E-state index in [1.165, 1.54) is 12.0 Å². The molecule has 1 rings (SSSR count). The molecule has 0 unspecified atom stereocenters. The van der Waals surface area contributed by atoms with Gasteiger partial charge in [0.1, 0.15) is 5.75 Å². The van der Waals surface area contributed by atoms with E-state index in [1.54, 1.807) is 24.3 Å². The molecule has 0 saturated heterocycles. The van der Waals surface area contributed by atoms with Gasteiger partial charge in [-0.05, 0) is 18.6 Å². The van der Waals surface area contributed by atoms with Crippen molar-refractivity contribution in [2.24, 2.45) is 5.73 Å². The van der Waals surface area contributed by atoms with Gasteiger partial charge in [0.15, 0.2) is 0 Å². The van der Waals surface area contributed by atoms with Gasteiger partial charge in [0.2, 0.25) is 17.7 Å². The molecule has 0 saturated carbocycles. The Morgan fingerprint density at radius 1 is 1.21 bits per heavy atom. The molecule has 0 atom stereocenters. The van der Waals surface area contributed by atoms with Crippen molar-refractivity contribution in [1.82, 2.24) is 10.2 Å². The molecule has 8 nitrogen and oxygen atoms in total. The summed E-state index contributed by atoms with van der Waals surface area (Å²) in [7, 11) is 1.51. The van der Waals surface area contributed by atoms with Crippen LogP contribution in [-0.2, 0) is 14.4 Å². The van der Waals surface area contributed by atoms with E-state index >= 15 is 0 Å². The molecule has 0 aliphatic rings. The van der Waals surface area contributed by atoms with Crippen LogP contribution in [0.3, 0.4) is 0 Å². The van der Waals surface area contributed by atoms with Crippen molar-refractivity contribution in [3.8, 4) is 5.75 Å². The SMILES string of the molecule is CCCN(CC(=O)Nc1ccccc1OC)C(=O)CNC(=O)CN. The summed E-state index contributed by atoms with van der Waals surface area (Å²) in [6.07, 6.45) is 0.693. The third-order valence-electron chi connectivity index (χ3n) is 3.18. The molecule has 0 heterocycles. The second-order valence-corrected chi connectivity index (χ2v) is 5.04. The number of carbonyl (C=O) groups is 3. The zero-order chi connectivity index (χ0) is 17.9. The van der Waals surface area contributed by atoms with E-state index in [1.807, 2.05) is 6.92 Å². The van der Waals surface area contributed by atoms with E-state index in [0.29, 0.717) is 24.4 Å². The Labute approximate surface area is 141 Å². The topological polar surface area (TPSA) is 114 Å². The molecular formula is C16H24N4O4. The number of amides is 3. The molecule has 1 aromatic rings. The highest BCUT2D eigenvalue weighted by atomic mass is 16.5. The standard InChI is InChI=1S/C16H24N4O4/c1-3-8-20(16(23)10-18-14(21)9-17)11-15(22)19-12-6-4-5-7-13(12)24-2/h4-7H,3,8-11,17H2,1-2H3,(H,18,21)(H,19,22). The second-order valence-electron chi connectivity index (χ2n) is 5.04. The maximum atomic E-state index is 12.2. The maximum absolute atomic E-state index is 12.2. The van der Waals surface area contributed by atoms with Gasteiger partial charge in [-0.1, -0.05) is 19.1 Å². The fourth-order valence-electron chi connectivity index (χ4n) is 2.03. The largest absolute Gasteiger partial charge is 0.495 e. The van der Waals surface area contributed by atoms with Crippen molar-refractivity contribution in [1.29, 1.82) is 0 Å². The number of hydrogen-bond acceptors (Lipinski definition) is 5. The first kappa shape index (κ1) is 19.4. The van der Waals surface area contributed by atoms with E-state index in [9.17, 15) is 14.4 Å². The molecule has 132 valence electrons. The number of rotatable bonds is 9. The molecular weight excluding hydrogens is 312 g/mol. The molecule has 8 heteroatoms. The molecule has 3 amide bonds. The summed E-state index contributed by atoms with van der Waals surface area (Å²) >= 11 is 0. The number of para-hydroxylation sites is 2. The Balaban J connectivity index is 2.64. The molecule has 4 N–H and O–H groups in total. The van der Waals surface area contributed by atoms with Gasteiger partial charge in [-0.3, -0.25) is 14.4 Å². The van der Waals surface area contributed by atoms with Gasteiger partial charge in [0, 0.05) is 6.54 Å². The van der Waals surface area contributed by atoms with Crippen LogP contribution in [-0.4, -0.2) is 55.9 Å². The highest BCUT2D eigenvalue weighted by Crippen LogP contribution is 2.22. The normalized spacial score (nSPS) is 9.96. The van der Waals surface area contributed by atoms with Gasteiger partial charge >= 0.3 is 0 Å². The van der Waals surface area contributed by atoms with Gasteiger partial charge in [-0.25, -0.2) is 0 Å². The van der Waals surface area contributed by atoms with E-state index in [0.717, 1.165) is 0 Å². The minimum atomic E-state index is -0.418. The zero-order valence-electron chi connectivity index (χ0n) is 14.0. The first-order chi connectivity index (χ1) is 11.5. The summed E-state index contributed by atoms with van der Waals surface area (Å²) in [4.78, 5) is 36.8. The van der Waals surface area contributed by atoms with Crippen LogP contribution in [0.1, 0.15) is 13.3 Å². The monoisotopic (exact) mass is 336 g/mol. The zero-order valence-corrected chi connectivity index (χ0v) is 14.0. The van der Waals surface area contributed by atoms with Crippen LogP contribution < -0.4 is 21.1 Å². The Hall–Kier alpha value is -2.61. The van der Waals surface area contributed by atoms with E-state index in [4.69, 9.17) is 10.5 Å². The Morgan fingerprint density at radius 2 is 1.92 bits per heavy atom. The number of hydrogen-bond donors (Lipinski definition) is 3. The van der Waals surface area contributed by atoms with Gasteiger partial charge in [0.25, 0.3) is 0 Å². The first-order valence-corrected chi connectivity index (χ1v) is 7.69. The summed E-state index contributed by atoms with van der Waals surface area (Å²) < 4.78 is 5.17. The summed E-state index contributed by atoms with van der Waals surface area (Å²) in [5.74, 6) is -0.562. The quantitative estimate of drug-likeness (QED) is 0.585. The minimum absolute atomic E-state index is 0.108. The molecule has 1 aromatic carbocycles. The molecule has 0 aliphatic carbocycles. The number of methoxy groups -OCH3 is 1. The predicted molar refractivity (Wildman–Crippen MR) is 90.6 cm³/mol. The van der Waals surface area contributed by atoms with Crippen LogP contribution >= 0.6 is 0 Å². The molecule has 0 spiro atoms. The fraction of sp³-hybridized carbons (Fsp3) is 0.438. The highest BCUT2D eigenvalue weighted by molar-refractivity contribution is 5.96. The van der Waals surface area contributed by atoms with Crippen LogP contribution in [0.4, 0.5) is 5.69 Å². The van der Waals surface area contributed by atoms with Crippen LogP contribution in [0.2, 0.25) is 0 Å². The first-order valence-electron chi connectivity index (χ1n) is 7.69. The highest BCUT2D eigenvalue weighted by Gasteiger charge is 2.17. The summed E-state index contributed by atoms with van der Waals surface area (Å²) in [6, 6.07) is 7.01. The van der Waals surface area contributed by atoms with Crippen LogP contribution in [0.25, 0.3) is 0 Å². The lowest BCUT2D eigenvalue weighted by Gasteiger charge is -2.22. The number of nitrogens with one attached hydrogen (secondary N) is 2.